The number of nitrogens with zero attached hydrogens (tertiary/aromatic N) is 2. The van der Waals surface area contributed by atoms with E-state index >= 15 is 0 Å². The van der Waals surface area contributed by atoms with Crippen LogP contribution < -0.4 is 0 Å². The zero-order valence-electron chi connectivity index (χ0n) is 7.05. The van der Waals surface area contributed by atoms with E-state index in [0.717, 1.165) is 11.3 Å². The lowest BCUT2D eigenvalue weighted by Crippen LogP contribution is -2.12. The second-order valence-electron chi connectivity index (χ2n) is 2.89. The summed E-state index contributed by atoms with van der Waals surface area (Å²) < 4.78 is 0. The Morgan fingerprint density at radius 3 is 3.15 bits per heavy atom. The van der Waals surface area contributed by atoms with E-state index in [4.69, 9.17) is 9.94 Å². The summed E-state index contributed by atoms with van der Waals surface area (Å²) in [4.78, 5) is 8.96. The normalized spacial score (nSPS) is 21.0. The van der Waals surface area contributed by atoms with E-state index in [0.29, 0.717) is 6.42 Å². The van der Waals surface area contributed by atoms with Crippen molar-refractivity contribution in [3.8, 4) is 0 Å². The Morgan fingerprint density at radius 1 is 1.62 bits per heavy atom. The van der Waals surface area contributed by atoms with Gasteiger partial charge in [-0.25, -0.2) is 0 Å². The van der Waals surface area contributed by atoms with Crippen molar-refractivity contribution in [2.45, 2.75) is 12.5 Å². The molecule has 0 spiro atoms. The van der Waals surface area contributed by atoms with E-state index < -0.39 is 0 Å². The fraction of sp³-hybridized carbons (Fsp3) is 0.333. The van der Waals surface area contributed by atoms with Gasteiger partial charge in [0.25, 0.3) is 0 Å². The summed E-state index contributed by atoms with van der Waals surface area (Å²) in [6.07, 6.45) is 3.92. The number of oxime groups is 1. The Bertz CT molecular complexity index is 311. The van der Waals surface area contributed by atoms with Gasteiger partial charge in [-0.3, -0.25) is 4.98 Å². The van der Waals surface area contributed by atoms with Crippen LogP contribution in [0.3, 0.4) is 0 Å². The van der Waals surface area contributed by atoms with Gasteiger partial charge in [-0.1, -0.05) is 5.16 Å². The molecule has 0 aromatic carbocycles. The standard InChI is InChI=1S/C9H10N2O2/c12-6-8-4-9(11-13-8)7-2-1-3-10-5-7/h1-3,5,8,12H,4,6H2/t8-/m1/s1. The average molecular weight is 178 g/mol. The number of aliphatic hydroxyl groups excluding tert-OH is 1. The SMILES string of the molecule is OC[C@H]1CC(c2cccnc2)=NO1. The van der Waals surface area contributed by atoms with Crippen molar-refractivity contribution >= 4 is 5.71 Å². The van der Waals surface area contributed by atoms with Crippen LogP contribution in [-0.4, -0.2) is 28.5 Å². The number of aromatic nitrogens is 1. The van der Waals surface area contributed by atoms with E-state index in [-0.39, 0.29) is 12.7 Å². The lowest BCUT2D eigenvalue weighted by molar-refractivity contribution is 0.0390. The van der Waals surface area contributed by atoms with E-state index in [9.17, 15) is 0 Å². The lowest BCUT2D eigenvalue weighted by atomic mass is 10.1. The van der Waals surface area contributed by atoms with Crippen molar-refractivity contribution in [3.63, 3.8) is 0 Å². The van der Waals surface area contributed by atoms with Crippen molar-refractivity contribution in [2.24, 2.45) is 5.16 Å². The largest absolute Gasteiger partial charge is 0.392 e. The van der Waals surface area contributed by atoms with E-state index in [1.165, 1.54) is 0 Å². The van der Waals surface area contributed by atoms with Gasteiger partial charge in [-0.2, -0.15) is 0 Å². The van der Waals surface area contributed by atoms with Crippen molar-refractivity contribution < 1.29 is 9.94 Å². The fourth-order valence-electron chi connectivity index (χ4n) is 1.23. The molecule has 1 N–H and O–H groups in total. The van der Waals surface area contributed by atoms with E-state index in [1.807, 2.05) is 12.1 Å². The molecule has 1 aromatic rings. The second-order valence-corrected chi connectivity index (χ2v) is 2.89. The van der Waals surface area contributed by atoms with Gasteiger partial charge in [-0.15, -0.1) is 0 Å². The maximum Gasteiger partial charge on any atom is 0.156 e. The Hall–Kier alpha value is -1.42. The van der Waals surface area contributed by atoms with Crippen LogP contribution in [0.15, 0.2) is 29.7 Å². The molecule has 0 saturated carbocycles. The molecule has 2 rings (SSSR count). The van der Waals surface area contributed by atoms with Crippen LogP contribution in [0.25, 0.3) is 0 Å². The molecule has 1 aliphatic heterocycles. The van der Waals surface area contributed by atoms with Gasteiger partial charge in [-0.05, 0) is 12.1 Å². The predicted molar refractivity (Wildman–Crippen MR) is 47.3 cm³/mol. The highest BCUT2D eigenvalue weighted by atomic mass is 16.6. The zero-order valence-corrected chi connectivity index (χ0v) is 7.05. The summed E-state index contributed by atoms with van der Waals surface area (Å²) in [5.74, 6) is 0. The zero-order chi connectivity index (χ0) is 9.10. The third-order valence-corrected chi connectivity index (χ3v) is 1.93. The van der Waals surface area contributed by atoms with Gasteiger partial charge in [0.15, 0.2) is 6.10 Å². The molecule has 0 fully saturated rings. The first-order valence-corrected chi connectivity index (χ1v) is 4.14. The third-order valence-electron chi connectivity index (χ3n) is 1.93. The molecule has 0 saturated heterocycles. The molecule has 0 amide bonds. The molecule has 0 bridgehead atoms. The number of aliphatic hydroxyl groups is 1. The fourth-order valence-corrected chi connectivity index (χ4v) is 1.23. The van der Waals surface area contributed by atoms with Crippen LogP contribution in [0.2, 0.25) is 0 Å². The number of hydrogen-bond donors (Lipinski definition) is 1. The summed E-state index contributed by atoms with van der Waals surface area (Å²) >= 11 is 0. The highest BCUT2D eigenvalue weighted by Crippen LogP contribution is 2.14. The number of hydrogen-bond acceptors (Lipinski definition) is 4. The molecule has 0 aliphatic carbocycles. The molecule has 0 radical (unpaired) electrons. The van der Waals surface area contributed by atoms with Crippen molar-refractivity contribution in [3.05, 3.63) is 30.1 Å². The Kier molecular flexibility index (Phi) is 2.23. The Labute approximate surface area is 75.9 Å². The van der Waals surface area contributed by atoms with Crippen LogP contribution >= 0.6 is 0 Å². The molecule has 68 valence electrons. The van der Waals surface area contributed by atoms with Crippen molar-refractivity contribution in [2.75, 3.05) is 6.61 Å². The van der Waals surface area contributed by atoms with Crippen LogP contribution in [0.1, 0.15) is 12.0 Å². The molecule has 4 nitrogen and oxygen atoms in total. The Morgan fingerprint density at radius 2 is 2.54 bits per heavy atom. The summed E-state index contributed by atoms with van der Waals surface area (Å²) in [5.41, 5.74) is 1.81. The third kappa shape index (κ3) is 1.67. The number of rotatable bonds is 2. The maximum atomic E-state index is 8.82. The van der Waals surface area contributed by atoms with Gasteiger partial charge >= 0.3 is 0 Å². The van der Waals surface area contributed by atoms with Gasteiger partial charge in [0.2, 0.25) is 0 Å². The van der Waals surface area contributed by atoms with Gasteiger partial charge in [0, 0.05) is 24.4 Å². The van der Waals surface area contributed by atoms with Crippen LogP contribution in [0.4, 0.5) is 0 Å². The highest BCUT2D eigenvalue weighted by Gasteiger charge is 2.20. The topological polar surface area (TPSA) is 54.7 Å². The minimum absolute atomic E-state index is 0.00720. The number of pyridine rings is 1. The summed E-state index contributed by atoms with van der Waals surface area (Å²) in [5, 5.41) is 12.7. The molecule has 1 aliphatic rings. The predicted octanol–water partition coefficient (Wildman–Crippen LogP) is 0.567. The smallest absolute Gasteiger partial charge is 0.156 e. The highest BCUT2D eigenvalue weighted by molar-refractivity contribution is 6.00. The minimum atomic E-state index is -0.185. The summed E-state index contributed by atoms with van der Waals surface area (Å²) in [6, 6.07) is 3.78. The second kappa shape index (κ2) is 3.53. The minimum Gasteiger partial charge on any atom is -0.392 e. The van der Waals surface area contributed by atoms with Crippen molar-refractivity contribution in [1.82, 2.24) is 4.98 Å². The monoisotopic (exact) mass is 178 g/mol. The molecule has 1 aromatic heterocycles. The Balaban J connectivity index is 2.12. The molecule has 4 heteroatoms. The van der Waals surface area contributed by atoms with Crippen LogP contribution in [0, 0.1) is 0 Å². The first kappa shape index (κ1) is 8.19. The van der Waals surface area contributed by atoms with E-state index in [1.54, 1.807) is 12.4 Å². The first-order valence-electron chi connectivity index (χ1n) is 4.14. The summed E-state index contributed by atoms with van der Waals surface area (Å²) in [6.45, 7) is 0.00720. The summed E-state index contributed by atoms with van der Waals surface area (Å²) in [7, 11) is 0. The van der Waals surface area contributed by atoms with Crippen molar-refractivity contribution in [1.29, 1.82) is 0 Å². The average Bonchev–Trinajstić information content (AvgIpc) is 2.67. The molecular formula is C9H10N2O2. The van der Waals surface area contributed by atoms with Crippen LogP contribution in [0.5, 0.6) is 0 Å². The molecular weight excluding hydrogens is 168 g/mol. The quantitative estimate of drug-likeness (QED) is 0.720. The molecule has 13 heavy (non-hydrogen) atoms. The van der Waals surface area contributed by atoms with Gasteiger partial charge in [0.05, 0.1) is 12.3 Å². The molecule has 1 atom stereocenters. The van der Waals surface area contributed by atoms with Crippen LogP contribution in [-0.2, 0) is 4.84 Å². The van der Waals surface area contributed by atoms with Gasteiger partial charge < -0.3 is 9.94 Å². The first-order chi connectivity index (χ1) is 6.40. The van der Waals surface area contributed by atoms with E-state index in [2.05, 4.69) is 10.1 Å². The maximum absolute atomic E-state index is 8.82. The molecule has 0 unspecified atom stereocenters. The molecule has 2 heterocycles. The van der Waals surface area contributed by atoms with Gasteiger partial charge in [0.1, 0.15) is 0 Å². The lowest BCUT2D eigenvalue weighted by Gasteiger charge is -2.00.